The van der Waals surface area contributed by atoms with Gasteiger partial charge in [-0.05, 0) is 23.0 Å². The van der Waals surface area contributed by atoms with Crippen molar-refractivity contribution in [1.82, 2.24) is 5.32 Å². The lowest BCUT2D eigenvalue weighted by atomic mass is 10.3. The Morgan fingerprint density at radius 3 is 2.64 bits per heavy atom. The van der Waals surface area contributed by atoms with Crippen LogP contribution in [0.5, 0.6) is 0 Å². The van der Waals surface area contributed by atoms with Crippen LogP contribution in [0, 0.1) is 0 Å². The summed E-state index contributed by atoms with van der Waals surface area (Å²) in [4.78, 5) is 0. The molecule has 1 nitrogen and oxygen atoms in total. The van der Waals surface area contributed by atoms with E-state index in [4.69, 9.17) is 0 Å². The van der Waals surface area contributed by atoms with Gasteiger partial charge in [0.25, 0.3) is 0 Å². The highest BCUT2D eigenvalue weighted by Crippen LogP contribution is 1.98. The van der Waals surface area contributed by atoms with E-state index in [1.165, 1.54) is 12.1 Å². The zero-order valence-corrected chi connectivity index (χ0v) is 9.39. The largest absolute Gasteiger partial charge is 0.385 e. The van der Waals surface area contributed by atoms with E-state index in [2.05, 4.69) is 58.0 Å². The molecule has 0 radical (unpaired) electrons. The lowest BCUT2D eigenvalue weighted by Gasteiger charge is -2.02. The van der Waals surface area contributed by atoms with E-state index >= 15 is 0 Å². The van der Waals surface area contributed by atoms with Crippen molar-refractivity contribution in [1.29, 1.82) is 0 Å². The van der Waals surface area contributed by atoms with Crippen molar-refractivity contribution in [3.63, 3.8) is 0 Å². The van der Waals surface area contributed by atoms with Gasteiger partial charge < -0.3 is 5.32 Å². The summed E-state index contributed by atoms with van der Waals surface area (Å²) in [5.41, 5.74) is 1.22. The van der Waals surface area contributed by atoms with E-state index in [0.29, 0.717) is 0 Å². The van der Waals surface area contributed by atoms with E-state index in [-0.39, 0.29) is 0 Å². The van der Waals surface area contributed by atoms with Crippen LogP contribution in [0.15, 0.2) is 21.9 Å². The predicted octanol–water partition coefficient (Wildman–Crippen LogP) is 3.23. The summed E-state index contributed by atoms with van der Waals surface area (Å²) in [6, 6.07) is 0. The minimum atomic E-state index is 1.06. The monoisotopic (exact) mass is 265 g/mol. The first-order chi connectivity index (χ1) is 5.35. The van der Waals surface area contributed by atoms with Crippen LogP contribution in [-0.4, -0.2) is 6.54 Å². The minimum Gasteiger partial charge on any atom is -0.385 e. The van der Waals surface area contributed by atoms with E-state index in [9.17, 15) is 0 Å². The Morgan fingerprint density at radius 1 is 1.45 bits per heavy atom. The van der Waals surface area contributed by atoms with E-state index in [1.54, 1.807) is 0 Å². The van der Waals surface area contributed by atoms with Gasteiger partial charge in [-0.3, -0.25) is 0 Å². The number of halogens is 1. The fourth-order valence-electron chi connectivity index (χ4n) is 0.648. The molecule has 0 amide bonds. The maximum Gasteiger partial charge on any atom is 0.0398 e. The van der Waals surface area contributed by atoms with Gasteiger partial charge in [-0.15, -0.1) is 0 Å². The van der Waals surface area contributed by atoms with Gasteiger partial charge in [-0.2, -0.15) is 0 Å². The van der Waals surface area contributed by atoms with Crippen LogP contribution >= 0.6 is 22.6 Å². The van der Waals surface area contributed by atoms with Gasteiger partial charge in [0.2, 0.25) is 0 Å². The van der Waals surface area contributed by atoms with E-state index < -0.39 is 0 Å². The summed E-state index contributed by atoms with van der Waals surface area (Å²) in [5.74, 6) is 0. The molecule has 1 N–H and O–H groups in total. The summed E-state index contributed by atoms with van der Waals surface area (Å²) in [6.07, 6.45) is 6.56. The molecule has 0 spiro atoms. The first-order valence-corrected chi connectivity index (χ1v) is 5.30. The van der Waals surface area contributed by atoms with Crippen LogP contribution < -0.4 is 5.32 Å². The van der Waals surface area contributed by atoms with Crippen LogP contribution in [0.1, 0.15) is 26.7 Å². The Balaban J connectivity index is 3.68. The molecule has 0 fully saturated rings. The van der Waals surface area contributed by atoms with Crippen molar-refractivity contribution in [3.05, 3.63) is 21.9 Å². The Labute approximate surface area is 83.1 Å². The van der Waals surface area contributed by atoms with Crippen LogP contribution in [0.25, 0.3) is 0 Å². The maximum atomic E-state index is 3.32. The topological polar surface area (TPSA) is 12.0 Å². The Kier molecular flexibility index (Phi) is 8.12. The normalized spacial score (nSPS) is 12.5. The average Bonchev–Trinajstić information content (AvgIpc) is 2.05. The molecule has 0 saturated carbocycles. The molecular weight excluding hydrogens is 249 g/mol. The van der Waals surface area contributed by atoms with Crippen molar-refractivity contribution in [2.24, 2.45) is 0 Å². The standard InChI is InChI=1S/C9H16IN/c1-3-5-6-9(8-10)11-7-4-2/h5-6,8,11H,3-4,7H2,1-2H3/b6-5-,9-8+. The highest BCUT2D eigenvalue weighted by atomic mass is 127. The number of hydrogen-bond donors (Lipinski definition) is 1. The van der Waals surface area contributed by atoms with Crippen LogP contribution in [-0.2, 0) is 0 Å². The third kappa shape index (κ3) is 6.41. The second-order valence-electron chi connectivity index (χ2n) is 2.30. The molecule has 0 saturated heterocycles. The van der Waals surface area contributed by atoms with Crippen molar-refractivity contribution < 1.29 is 0 Å². The van der Waals surface area contributed by atoms with Gasteiger partial charge in [0.05, 0.1) is 0 Å². The molecule has 0 aromatic rings. The minimum absolute atomic E-state index is 1.06. The Bertz CT molecular complexity index is 138. The van der Waals surface area contributed by atoms with Gasteiger partial charge in [0.1, 0.15) is 0 Å². The molecule has 0 aliphatic rings. The Hall–Kier alpha value is 0.01000. The summed E-state index contributed by atoms with van der Waals surface area (Å²) in [5, 5.41) is 3.32. The molecule has 0 aromatic carbocycles. The van der Waals surface area contributed by atoms with Crippen molar-refractivity contribution in [3.8, 4) is 0 Å². The third-order valence-electron chi connectivity index (χ3n) is 1.23. The number of rotatable bonds is 5. The maximum absolute atomic E-state index is 3.32. The molecule has 2 heteroatoms. The first-order valence-electron chi connectivity index (χ1n) is 4.05. The lowest BCUT2D eigenvalue weighted by molar-refractivity contribution is 0.786. The predicted molar refractivity (Wildman–Crippen MR) is 59.8 cm³/mol. The van der Waals surface area contributed by atoms with Crippen LogP contribution in [0.4, 0.5) is 0 Å². The molecule has 0 heterocycles. The molecule has 11 heavy (non-hydrogen) atoms. The first kappa shape index (κ1) is 11.0. The van der Waals surface area contributed by atoms with E-state index in [0.717, 1.165) is 13.0 Å². The van der Waals surface area contributed by atoms with Crippen molar-refractivity contribution >= 4 is 22.6 Å². The molecule has 0 bridgehead atoms. The van der Waals surface area contributed by atoms with Gasteiger partial charge >= 0.3 is 0 Å². The molecule has 0 unspecified atom stereocenters. The number of nitrogens with one attached hydrogen (secondary N) is 1. The SMILES string of the molecule is CC/C=C\C(=C/I)NCCC. The summed E-state index contributed by atoms with van der Waals surface area (Å²) >= 11 is 2.25. The molecule has 0 rings (SSSR count). The molecule has 0 aromatic heterocycles. The highest BCUT2D eigenvalue weighted by molar-refractivity contribution is 14.1. The smallest absolute Gasteiger partial charge is 0.0398 e. The lowest BCUT2D eigenvalue weighted by Crippen LogP contribution is -2.11. The fraction of sp³-hybridized carbons (Fsp3) is 0.556. The third-order valence-corrected chi connectivity index (χ3v) is 1.90. The summed E-state index contributed by atoms with van der Waals surface area (Å²) in [6.45, 7) is 5.37. The highest BCUT2D eigenvalue weighted by Gasteiger charge is 1.86. The zero-order valence-electron chi connectivity index (χ0n) is 7.23. The van der Waals surface area contributed by atoms with Crippen LogP contribution in [0.2, 0.25) is 0 Å². The average molecular weight is 265 g/mol. The Morgan fingerprint density at radius 2 is 2.18 bits per heavy atom. The fourth-order valence-corrected chi connectivity index (χ4v) is 1.08. The number of allylic oxidation sites excluding steroid dienone is 2. The van der Waals surface area contributed by atoms with Gasteiger partial charge in [-0.25, -0.2) is 0 Å². The molecule has 0 aliphatic carbocycles. The molecular formula is C9H16IN. The van der Waals surface area contributed by atoms with Gasteiger partial charge in [0, 0.05) is 12.2 Å². The molecule has 0 atom stereocenters. The van der Waals surface area contributed by atoms with Gasteiger partial charge in [0.15, 0.2) is 0 Å². The van der Waals surface area contributed by atoms with E-state index in [1.807, 2.05) is 0 Å². The van der Waals surface area contributed by atoms with Crippen molar-refractivity contribution in [2.75, 3.05) is 6.54 Å². The van der Waals surface area contributed by atoms with Crippen molar-refractivity contribution in [2.45, 2.75) is 26.7 Å². The number of hydrogen-bond acceptors (Lipinski definition) is 1. The second kappa shape index (κ2) is 8.11. The molecule has 0 aliphatic heterocycles. The van der Waals surface area contributed by atoms with Crippen LogP contribution in [0.3, 0.4) is 0 Å². The second-order valence-corrected chi connectivity index (χ2v) is 2.92. The quantitative estimate of drug-likeness (QED) is 0.594. The zero-order chi connectivity index (χ0) is 8.53. The summed E-state index contributed by atoms with van der Waals surface area (Å²) < 4.78 is 2.07. The van der Waals surface area contributed by atoms with Gasteiger partial charge in [-0.1, -0.05) is 42.5 Å². The molecule has 64 valence electrons. The summed E-state index contributed by atoms with van der Waals surface area (Å²) in [7, 11) is 0.